The third-order valence-electron chi connectivity index (χ3n) is 2.87. The first-order chi connectivity index (χ1) is 9.67. The highest BCUT2D eigenvalue weighted by atomic mass is 16.5. The standard InChI is InChI=1S/C17H24O3/c1-14(2)9-11-20-13-16-12-17(19-3)8-7-15(16)6-4-5-10-18/h7-8,12,14,18H,5,9-11,13H2,1-3H3. The van der Waals surface area contributed by atoms with Crippen LogP contribution in [0.1, 0.15) is 37.8 Å². The molecule has 0 unspecified atom stereocenters. The summed E-state index contributed by atoms with van der Waals surface area (Å²) in [5.74, 6) is 7.46. The van der Waals surface area contributed by atoms with Gasteiger partial charge in [0.2, 0.25) is 0 Å². The Morgan fingerprint density at radius 2 is 2.10 bits per heavy atom. The molecule has 0 aliphatic rings. The summed E-state index contributed by atoms with van der Waals surface area (Å²) in [6, 6.07) is 5.78. The summed E-state index contributed by atoms with van der Waals surface area (Å²) in [7, 11) is 1.65. The normalized spacial score (nSPS) is 10.2. The van der Waals surface area contributed by atoms with Crippen molar-refractivity contribution in [2.75, 3.05) is 20.3 Å². The van der Waals surface area contributed by atoms with E-state index in [4.69, 9.17) is 14.6 Å². The molecule has 0 radical (unpaired) electrons. The summed E-state index contributed by atoms with van der Waals surface area (Å²) in [4.78, 5) is 0. The van der Waals surface area contributed by atoms with Gasteiger partial charge in [0.15, 0.2) is 0 Å². The van der Waals surface area contributed by atoms with Crippen LogP contribution in [0, 0.1) is 17.8 Å². The SMILES string of the molecule is COc1ccc(C#CCCO)c(COCCC(C)C)c1. The summed E-state index contributed by atoms with van der Waals surface area (Å²) in [6.07, 6.45) is 1.54. The van der Waals surface area contributed by atoms with Crippen LogP contribution < -0.4 is 4.74 Å². The van der Waals surface area contributed by atoms with Crippen molar-refractivity contribution in [1.29, 1.82) is 0 Å². The molecule has 1 N–H and O–H groups in total. The van der Waals surface area contributed by atoms with Gasteiger partial charge in [-0.25, -0.2) is 0 Å². The van der Waals surface area contributed by atoms with E-state index in [1.54, 1.807) is 7.11 Å². The van der Waals surface area contributed by atoms with Gasteiger partial charge in [-0.15, -0.1) is 0 Å². The number of methoxy groups -OCH3 is 1. The summed E-state index contributed by atoms with van der Waals surface area (Å²) in [6.45, 7) is 5.73. The van der Waals surface area contributed by atoms with Crippen molar-refractivity contribution in [3.8, 4) is 17.6 Å². The van der Waals surface area contributed by atoms with Gasteiger partial charge in [-0.2, -0.15) is 0 Å². The first-order valence-corrected chi connectivity index (χ1v) is 7.01. The summed E-state index contributed by atoms with van der Waals surface area (Å²) < 4.78 is 10.9. The molecule has 0 spiro atoms. The lowest BCUT2D eigenvalue weighted by Crippen LogP contribution is -2.01. The molecule has 0 aliphatic carbocycles. The predicted molar refractivity (Wildman–Crippen MR) is 80.7 cm³/mol. The van der Waals surface area contributed by atoms with Crippen LogP contribution in [0.3, 0.4) is 0 Å². The monoisotopic (exact) mass is 276 g/mol. The second-order valence-corrected chi connectivity index (χ2v) is 5.03. The van der Waals surface area contributed by atoms with Crippen molar-refractivity contribution in [3.63, 3.8) is 0 Å². The van der Waals surface area contributed by atoms with Crippen LogP contribution in [-0.4, -0.2) is 25.4 Å². The van der Waals surface area contributed by atoms with Crippen molar-refractivity contribution in [3.05, 3.63) is 29.3 Å². The quantitative estimate of drug-likeness (QED) is 0.614. The average Bonchev–Trinajstić information content (AvgIpc) is 2.44. The van der Waals surface area contributed by atoms with Crippen LogP contribution in [0.25, 0.3) is 0 Å². The Morgan fingerprint density at radius 3 is 2.75 bits per heavy atom. The van der Waals surface area contributed by atoms with Gasteiger partial charge in [0.25, 0.3) is 0 Å². The maximum Gasteiger partial charge on any atom is 0.119 e. The molecule has 1 aromatic carbocycles. The lowest BCUT2D eigenvalue weighted by atomic mass is 10.1. The van der Waals surface area contributed by atoms with Gasteiger partial charge in [-0.1, -0.05) is 25.7 Å². The number of ether oxygens (including phenoxy) is 2. The molecule has 0 fully saturated rings. The maximum absolute atomic E-state index is 8.77. The van der Waals surface area contributed by atoms with E-state index >= 15 is 0 Å². The summed E-state index contributed by atoms with van der Waals surface area (Å²) in [5, 5.41) is 8.77. The van der Waals surface area contributed by atoms with Gasteiger partial charge in [0.05, 0.1) is 20.3 Å². The van der Waals surface area contributed by atoms with Crippen LogP contribution in [0.4, 0.5) is 0 Å². The molecule has 1 rings (SSSR count). The van der Waals surface area contributed by atoms with E-state index in [9.17, 15) is 0 Å². The molecule has 0 aromatic heterocycles. The Morgan fingerprint density at radius 1 is 1.30 bits per heavy atom. The van der Waals surface area contributed by atoms with E-state index in [-0.39, 0.29) is 6.61 Å². The number of rotatable bonds is 7. The first kappa shape index (κ1) is 16.6. The molecule has 3 nitrogen and oxygen atoms in total. The Bertz CT molecular complexity index is 455. The zero-order valence-corrected chi connectivity index (χ0v) is 12.6. The number of hydrogen-bond acceptors (Lipinski definition) is 3. The van der Waals surface area contributed by atoms with Gasteiger partial charge in [0.1, 0.15) is 5.75 Å². The van der Waals surface area contributed by atoms with E-state index in [1.165, 1.54) is 0 Å². The van der Waals surface area contributed by atoms with Gasteiger partial charge in [-0.05, 0) is 36.1 Å². The lowest BCUT2D eigenvalue weighted by Gasteiger charge is -2.10. The van der Waals surface area contributed by atoms with Crippen molar-refractivity contribution in [1.82, 2.24) is 0 Å². The van der Waals surface area contributed by atoms with E-state index in [0.717, 1.165) is 29.9 Å². The molecule has 0 amide bonds. The fourth-order valence-corrected chi connectivity index (χ4v) is 1.65. The predicted octanol–water partition coefficient (Wildman–Crippen LogP) is 2.99. The molecule has 3 heteroatoms. The summed E-state index contributed by atoms with van der Waals surface area (Å²) in [5.41, 5.74) is 1.96. The first-order valence-electron chi connectivity index (χ1n) is 7.01. The number of hydrogen-bond donors (Lipinski definition) is 1. The number of aliphatic hydroxyl groups excluding tert-OH is 1. The fraction of sp³-hybridized carbons (Fsp3) is 0.529. The zero-order chi connectivity index (χ0) is 14.8. The van der Waals surface area contributed by atoms with Gasteiger partial charge in [-0.3, -0.25) is 0 Å². The van der Waals surface area contributed by atoms with Crippen LogP contribution in [0.2, 0.25) is 0 Å². The average molecular weight is 276 g/mol. The van der Waals surface area contributed by atoms with Gasteiger partial charge < -0.3 is 14.6 Å². The molecule has 0 aliphatic heterocycles. The zero-order valence-electron chi connectivity index (χ0n) is 12.6. The van der Waals surface area contributed by atoms with E-state index in [1.807, 2.05) is 18.2 Å². The van der Waals surface area contributed by atoms with E-state index in [0.29, 0.717) is 18.9 Å². The second kappa shape index (κ2) is 9.41. The van der Waals surface area contributed by atoms with Crippen molar-refractivity contribution >= 4 is 0 Å². The number of benzene rings is 1. The molecule has 0 heterocycles. The second-order valence-electron chi connectivity index (χ2n) is 5.03. The third-order valence-corrected chi connectivity index (χ3v) is 2.87. The molecular weight excluding hydrogens is 252 g/mol. The smallest absolute Gasteiger partial charge is 0.119 e. The molecular formula is C17H24O3. The minimum absolute atomic E-state index is 0.0867. The Hall–Kier alpha value is -1.50. The molecule has 110 valence electrons. The van der Waals surface area contributed by atoms with Crippen molar-refractivity contribution in [2.45, 2.75) is 33.3 Å². The maximum atomic E-state index is 8.77. The molecule has 0 saturated heterocycles. The van der Waals surface area contributed by atoms with Crippen molar-refractivity contribution < 1.29 is 14.6 Å². The van der Waals surface area contributed by atoms with Crippen LogP contribution in [-0.2, 0) is 11.3 Å². The Kier molecular flexibility index (Phi) is 7.79. The minimum atomic E-state index is 0.0867. The highest BCUT2D eigenvalue weighted by Gasteiger charge is 2.03. The number of aliphatic hydroxyl groups is 1. The molecule has 0 bridgehead atoms. The topological polar surface area (TPSA) is 38.7 Å². The van der Waals surface area contributed by atoms with Crippen molar-refractivity contribution in [2.24, 2.45) is 5.92 Å². The largest absolute Gasteiger partial charge is 0.497 e. The van der Waals surface area contributed by atoms with Gasteiger partial charge >= 0.3 is 0 Å². The van der Waals surface area contributed by atoms with Crippen LogP contribution in [0.15, 0.2) is 18.2 Å². The minimum Gasteiger partial charge on any atom is -0.497 e. The highest BCUT2D eigenvalue weighted by Crippen LogP contribution is 2.18. The molecule has 1 aromatic rings. The van der Waals surface area contributed by atoms with Crippen LogP contribution >= 0.6 is 0 Å². The molecule has 0 atom stereocenters. The Labute approximate surface area is 121 Å². The van der Waals surface area contributed by atoms with E-state index in [2.05, 4.69) is 25.7 Å². The van der Waals surface area contributed by atoms with Gasteiger partial charge in [0, 0.05) is 18.6 Å². The lowest BCUT2D eigenvalue weighted by molar-refractivity contribution is 0.110. The fourth-order valence-electron chi connectivity index (χ4n) is 1.65. The molecule has 0 saturated carbocycles. The summed E-state index contributed by atoms with van der Waals surface area (Å²) >= 11 is 0. The van der Waals surface area contributed by atoms with E-state index < -0.39 is 0 Å². The Balaban J connectivity index is 2.71. The highest BCUT2D eigenvalue weighted by molar-refractivity contribution is 5.45. The van der Waals surface area contributed by atoms with Crippen LogP contribution in [0.5, 0.6) is 5.75 Å². The third kappa shape index (κ3) is 6.10. The molecule has 20 heavy (non-hydrogen) atoms.